The minimum atomic E-state index is -1.41. The topological polar surface area (TPSA) is 135 Å². The van der Waals surface area contributed by atoms with Crippen LogP contribution >= 0.6 is 15.9 Å². The largest absolute Gasteiger partial charge is 0.455 e. The van der Waals surface area contributed by atoms with Gasteiger partial charge in [-0.05, 0) is 53.6 Å². The number of nitrogens with one attached hydrogen (secondary N) is 1. The lowest BCUT2D eigenvalue weighted by molar-refractivity contribution is -0.163. The number of halogens is 1. The molecular weight excluding hydrogens is 778 g/mol. The molecule has 3 aromatic carbocycles. The van der Waals surface area contributed by atoms with Crippen molar-refractivity contribution in [2.45, 2.75) is 80.3 Å². The standard InChI is InChI=1S/C44H52BrN3O8/c1-6-8-18-35(50)46-34(26-54-5)38(29-15-10-9-11-16-29)55-43(53)36-37-41(51)48(32(25-49)22-27(3)4)40(44(37)24-33(45)39(36)56-44)42(52)47(21-7-2)31-20-19-28-14-12-13-17-30(28)23-31/h6-7,9-17,19-20,23,27,32-34,36-40,49H,1-2,8,18,21-22,24-26H2,3-5H3,(H,46,50)/t32-,33?,34-,36-,37+,38-,39-,40-,44+/m1/s1. The maximum absolute atomic E-state index is 15.3. The maximum Gasteiger partial charge on any atom is 0.313 e. The highest BCUT2D eigenvalue weighted by molar-refractivity contribution is 9.09. The number of fused-ring (bicyclic) bond motifs is 2. The van der Waals surface area contributed by atoms with Crippen LogP contribution in [0, 0.1) is 17.8 Å². The zero-order valence-electron chi connectivity index (χ0n) is 32.2. The number of nitrogens with zero attached hydrogens (tertiary/aromatic N) is 2. The van der Waals surface area contributed by atoms with E-state index in [2.05, 4.69) is 34.4 Å². The van der Waals surface area contributed by atoms with E-state index in [-0.39, 0.29) is 44.4 Å². The van der Waals surface area contributed by atoms with Gasteiger partial charge >= 0.3 is 5.97 Å². The number of alkyl halides is 1. The second-order valence-electron chi connectivity index (χ2n) is 15.4. The van der Waals surface area contributed by atoms with E-state index in [1.807, 2.05) is 74.5 Å². The first-order valence-corrected chi connectivity index (χ1v) is 20.2. The third-order valence-corrected chi connectivity index (χ3v) is 12.1. The first-order valence-electron chi connectivity index (χ1n) is 19.3. The molecule has 2 N–H and O–H groups in total. The first-order chi connectivity index (χ1) is 27.0. The minimum absolute atomic E-state index is 0.0380. The van der Waals surface area contributed by atoms with Crippen molar-refractivity contribution < 1.29 is 38.5 Å². The molecule has 0 radical (unpaired) electrons. The summed E-state index contributed by atoms with van der Waals surface area (Å²) in [7, 11) is 1.50. The molecule has 3 aliphatic heterocycles. The van der Waals surface area contributed by atoms with Crippen LogP contribution in [0.5, 0.6) is 0 Å². The number of likely N-dealkylation sites (tertiary alicyclic amines) is 1. The van der Waals surface area contributed by atoms with Gasteiger partial charge in [0.25, 0.3) is 5.91 Å². The molecule has 298 valence electrons. The Kier molecular flexibility index (Phi) is 13.1. The van der Waals surface area contributed by atoms with Crippen LogP contribution in [0.1, 0.15) is 51.2 Å². The van der Waals surface area contributed by atoms with E-state index in [1.165, 1.54) is 12.0 Å². The molecule has 11 nitrogen and oxygen atoms in total. The number of esters is 1. The van der Waals surface area contributed by atoms with Crippen molar-refractivity contribution in [1.82, 2.24) is 10.2 Å². The SMILES string of the molecule is C=CCCC(=O)N[C@H](COC)[C@H](OC(=O)[C@H]1[C@@H]2O[C@@]3(CC2Br)[C@@H]1C(=O)N([C@@H](CO)CC(C)C)[C@@H]3C(=O)N(CC=C)c1ccc2ccccc2c1)c1ccccc1. The smallest absolute Gasteiger partial charge is 0.313 e. The van der Waals surface area contributed by atoms with Gasteiger partial charge in [-0.3, -0.25) is 19.2 Å². The van der Waals surface area contributed by atoms with Crippen LogP contribution in [0.25, 0.3) is 10.8 Å². The number of aliphatic hydroxyl groups is 1. The highest BCUT2D eigenvalue weighted by atomic mass is 79.9. The number of methoxy groups -OCH3 is 1. The predicted octanol–water partition coefficient (Wildman–Crippen LogP) is 5.90. The number of hydrogen-bond acceptors (Lipinski definition) is 8. The summed E-state index contributed by atoms with van der Waals surface area (Å²) in [4.78, 5) is 60.8. The Labute approximate surface area is 337 Å². The van der Waals surface area contributed by atoms with Crippen LogP contribution in [-0.4, -0.2) is 95.2 Å². The fourth-order valence-electron chi connectivity index (χ4n) is 8.90. The molecule has 3 saturated heterocycles. The Balaban J connectivity index is 1.41. The van der Waals surface area contributed by atoms with Gasteiger partial charge in [-0.15, -0.1) is 13.2 Å². The van der Waals surface area contributed by atoms with E-state index in [0.29, 0.717) is 24.1 Å². The normalized spacial score (nSPS) is 25.4. The van der Waals surface area contributed by atoms with Crippen molar-refractivity contribution >= 4 is 56.1 Å². The average molecular weight is 831 g/mol. The number of anilines is 1. The lowest BCUT2D eigenvalue weighted by Crippen LogP contribution is -2.59. The quantitative estimate of drug-likeness (QED) is 0.0921. The second kappa shape index (κ2) is 17.8. The van der Waals surface area contributed by atoms with E-state index >= 15 is 9.59 Å². The minimum Gasteiger partial charge on any atom is -0.455 e. The number of ether oxygens (including phenoxy) is 3. The lowest BCUT2D eigenvalue weighted by atomic mass is 9.70. The Bertz CT molecular complexity index is 1920. The maximum atomic E-state index is 15.3. The number of carbonyl (C=O) groups excluding carboxylic acids is 4. The summed E-state index contributed by atoms with van der Waals surface area (Å²) in [6, 6.07) is 20.0. The summed E-state index contributed by atoms with van der Waals surface area (Å²) < 4.78 is 18.7. The van der Waals surface area contributed by atoms with Crippen LogP contribution in [0.2, 0.25) is 0 Å². The van der Waals surface area contributed by atoms with Gasteiger partial charge in [0.1, 0.15) is 17.7 Å². The van der Waals surface area contributed by atoms with Gasteiger partial charge in [0.15, 0.2) is 0 Å². The molecular formula is C44H52BrN3O8. The van der Waals surface area contributed by atoms with E-state index in [9.17, 15) is 14.7 Å². The highest BCUT2D eigenvalue weighted by Crippen LogP contribution is 2.61. The number of allylic oxidation sites excluding steroid dienone is 1. The van der Waals surface area contributed by atoms with Crippen molar-refractivity contribution in [3.8, 4) is 0 Å². The summed E-state index contributed by atoms with van der Waals surface area (Å²) in [5.41, 5.74) is -0.166. The molecule has 0 saturated carbocycles. The van der Waals surface area contributed by atoms with E-state index in [1.54, 1.807) is 29.2 Å². The summed E-state index contributed by atoms with van der Waals surface area (Å²) in [6.45, 7) is 11.4. The summed E-state index contributed by atoms with van der Waals surface area (Å²) in [5, 5.41) is 15.8. The molecule has 0 aliphatic carbocycles. The van der Waals surface area contributed by atoms with Gasteiger partial charge in [-0.25, -0.2) is 0 Å². The Morgan fingerprint density at radius 1 is 1.07 bits per heavy atom. The van der Waals surface area contributed by atoms with E-state index in [0.717, 1.165) is 10.8 Å². The molecule has 1 spiro atoms. The molecule has 3 aliphatic rings. The molecule has 1 unspecified atom stereocenters. The predicted molar refractivity (Wildman–Crippen MR) is 218 cm³/mol. The lowest BCUT2D eigenvalue weighted by Gasteiger charge is -2.39. The molecule has 2 bridgehead atoms. The van der Waals surface area contributed by atoms with E-state index < -0.39 is 70.4 Å². The fraction of sp³-hybridized carbons (Fsp3) is 0.455. The molecule has 3 amide bonds. The average Bonchev–Trinajstić information content (AvgIpc) is 3.79. The number of aliphatic hydroxyl groups excluding tert-OH is 1. The third-order valence-electron chi connectivity index (χ3n) is 11.2. The number of rotatable bonds is 18. The number of carbonyl (C=O) groups is 4. The molecule has 56 heavy (non-hydrogen) atoms. The van der Waals surface area contributed by atoms with Crippen LogP contribution in [-0.2, 0) is 33.4 Å². The monoisotopic (exact) mass is 829 g/mol. The Hall–Kier alpha value is -4.36. The molecule has 3 heterocycles. The van der Waals surface area contributed by atoms with Crippen molar-refractivity contribution in [3.05, 3.63) is 104 Å². The van der Waals surface area contributed by atoms with Crippen molar-refractivity contribution in [2.24, 2.45) is 17.8 Å². The number of hydrogen-bond donors (Lipinski definition) is 2. The van der Waals surface area contributed by atoms with Gasteiger partial charge in [0.2, 0.25) is 11.8 Å². The van der Waals surface area contributed by atoms with E-state index in [4.69, 9.17) is 14.2 Å². The van der Waals surface area contributed by atoms with Gasteiger partial charge in [-0.2, -0.15) is 0 Å². The van der Waals surface area contributed by atoms with Gasteiger partial charge < -0.3 is 34.4 Å². The molecule has 3 aromatic rings. The second-order valence-corrected chi connectivity index (χ2v) is 16.5. The fourth-order valence-corrected chi connectivity index (χ4v) is 9.84. The Morgan fingerprint density at radius 2 is 1.79 bits per heavy atom. The van der Waals surface area contributed by atoms with Crippen LogP contribution in [0.15, 0.2) is 98.1 Å². The van der Waals surface area contributed by atoms with Gasteiger partial charge in [-0.1, -0.05) is 103 Å². The Morgan fingerprint density at radius 3 is 2.45 bits per heavy atom. The molecule has 6 rings (SSSR count). The number of amides is 3. The van der Waals surface area contributed by atoms with Crippen LogP contribution < -0.4 is 10.2 Å². The third kappa shape index (κ3) is 7.94. The molecule has 0 aromatic heterocycles. The zero-order chi connectivity index (χ0) is 40.1. The number of benzene rings is 3. The summed E-state index contributed by atoms with van der Waals surface area (Å²) in [6.07, 6.45) is 2.87. The van der Waals surface area contributed by atoms with Crippen molar-refractivity contribution in [3.63, 3.8) is 0 Å². The zero-order valence-corrected chi connectivity index (χ0v) is 33.8. The summed E-state index contributed by atoms with van der Waals surface area (Å²) in [5.74, 6) is -3.88. The molecule has 3 fully saturated rings. The van der Waals surface area contributed by atoms with Crippen LogP contribution in [0.4, 0.5) is 5.69 Å². The highest BCUT2D eigenvalue weighted by Gasteiger charge is 2.77. The van der Waals surface area contributed by atoms with Crippen LogP contribution in [0.3, 0.4) is 0 Å². The molecule has 9 atom stereocenters. The van der Waals surface area contributed by atoms with Crippen molar-refractivity contribution in [2.75, 3.05) is 31.8 Å². The molecule has 12 heteroatoms. The van der Waals surface area contributed by atoms with Crippen molar-refractivity contribution in [1.29, 1.82) is 0 Å². The summed E-state index contributed by atoms with van der Waals surface area (Å²) >= 11 is 3.77. The van der Waals surface area contributed by atoms with Gasteiger partial charge in [0, 0.05) is 30.6 Å². The first kappa shape index (κ1) is 41.3. The van der Waals surface area contributed by atoms with Gasteiger partial charge in [0.05, 0.1) is 43.2 Å².